The molecule has 12 atom stereocenters. The van der Waals surface area contributed by atoms with Gasteiger partial charge in [-0.15, -0.1) is 0 Å². The number of hydrogen-bond donors (Lipinski definition) is 10. The third kappa shape index (κ3) is 25.8. The summed E-state index contributed by atoms with van der Waals surface area (Å²) in [4.78, 5) is 209. The lowest BCUT2D eigenvalue weighted by molar-refractivity contribution is -0.168. The van der Waals surface area contributed by atoms with Gasteiger partial charge in [0.2, 0.25) is 55.5 Å². The number of aromatic hydroxyl groups is 2. The Balaban J connectivity index is 1.31. The van der Waals surface area contributed by atoms with Gasteiger partial charge in [-0.2, -0.15) is 0 Å². The number of methoxy groups -OCH3 is 2. The number of carboxylic acid groups (broad SMARTS) is 3. The number of cyclic esters (lactones) is 2. The average molecular weight is 1910 g/mol. The van der Waals surface area contributed by atoms with Crippen LogP contribution in [0.3, 0.4) is 0 Å². The van der Waals surface area contributed by atoms with Crippen LogP contribution in [0.1, 0.15) is 211 Å². The Morgan fingerprint density at radius 2 is 0.888 bits per heavy atom. The van der Waals surface area contributed by atoms with E-state index >= 15 is 28.8 Å². The van der Waals surface area contributed by atoms with E-state index in [1.165, 1.54) is 59.1 Å². The molecule has 0 saturated carbocycles. The number of aryl methyl sites for hydroxylation is 2. The Morgan fingerprint density at radius 3 is 1.29 bits per heavy atom. The molecule has 0 bridgehead atoms. The summed E-state index contributed by atoms with van der Waals surface area (Å²) in [6.45, 7) is 25.7. The molecule has 134 heavy (non-hydrogen) atoms. The molecule has 10 N–H and O–H groups in total. The molecular weight excluding hydrogens is 1770 g/mol. The topological polar surface area (TPSA) is 515 Å². The van der Waals surface area contributed by atoms with Gasteiger partial charge in [0, 0.05) is 62.5 Å². The molecular formula is C97H138N8O27S2. The lowest BCUT2D eigenvalue weighted by Gasteiger charge is -2.45. The van der Waals surface area contributed by atoms with Gasteiger partial charge in [0.15, 0.2) is 11.6 Å². The number of nitrogens with one attached hydrogen (secondary N) is 5. The number of amides is 6. The van der Waals surface area contributed by atoms with Crippen molar-refractivity contribution in [3.63, 3.8) is 0 Å². The summed E-state index contributed by atoms with van der Waals surface area (Å²) in [5.41, 5.74) is -8.09. The number of imide groups is 2. The van der Waals surface area contributed by atoms with E-state index in [4.69, 9.17) is 18.9 Å². The number of sulfonamides is 2. The molecule has 3 fully saturated rings. The van der Waals surface area contributed by atoms with Crippen LogP contribution >= 0.6 is 0 Å². The maximum atomic E-state index is 16.1. The number of hydrogen-bond acceptors (Lipinski definition) is 26. The van der Waals surface area contributed by atoms with E-state index in [0.29, 0.717) is 19.5 Å². The fourth-order valence-corrected chi connectivity index (χ4v) is 22.7. The molecule has 4 aromatic carbocycles. The average Bonchev–Trinajstić information content (AvgIpc) is 1.60. The molecule has 0 aromatic heterocycles. The van der Waals surface area contributed by atoms with Crippen LogP contribution in [0.5, 0.6) is 23.0 Å². The molecule has 6 amide bonds. The Kier molecular flexibility index (Phi) is 37.0. The molecule has 0 aliphatic carbocycles. The minimum absolute atomic E-state index is 0.0203. The van der Waals surface area contributed by atoms with Crippen LogP contribution < -0.4 is 34.9 Å². The van der Waals surface area contributed by atoms with E-state index in [2.05, 4.69) is 25.4 Å². The molecule has 37 heteroatoms. The van der Waals surface area contributed by atoms with Crippen LogP contribution in [0.25, 0.3) is 0 Å². The standard InChI is InChI=1S/C97H138N8O27S2/c1-23-92(6,7)73(80(110)100-39-26-40-101-133(125,126)70-45-59(66(106)47-68(70)129-21)78(108)57-33-29-54(3)30-34-57)63(86(116)117)51-96(14,15)76-62(82(112)104(84(76)114)43-27-41-102-134(127,128)71-46-60(67(107)48-69(71)130-22)79(109)58-35-31-55(4)32-36-58)50-95(12,13)75-61(83(113)105(85(75)115)44-28-42-103(19)20)49-94(10,11)74(81(111)99-38-25-37-98-18)64(87(118)119)52-97(16,17)77(90(123)131-24-2)65(88(120)121)53-93(8,9)72-56(5)89(122)132-91(72)124/h29-36,45-48,56,61-65,72-77,98,101-102,106-107H,23-28,37-44,49-53H2,1-22H3,(H,99,111)(H,100,110)(H,116,117)(H,118,119)(H,120,121). The van der Waals surface area contributed by atoms with Crippen LogP contribution in [0.15, 0.2) is 82.6 Å². The quantitative estimate of drug-likeness (QED) is 0.00646. The molecule has 3 aliphatic rings. The van der Waals surface area contributed by atoms with Gasteiger partial charge in [-0.1, -0.05) is 163 Å². The summed E-state index contributed by atoms with van der Waals surface area (Å²) in [6, 6.07) is 16.6. The first-order valence-electron chi connectivity index (χ1n) is 45.4. The SMILES string of the molecule is CCOC(=O)C(C(CC(C)(C)C1C(=O)OC(=O)C1C)C(=O)O)C(C)(C)CC(C(=O)O)C(C(=O)NCCCNC)C(C)(C)CC1C(=O)N(CCCN(C)C)C(=O)C1C(C)(C)CC1C(=O)N(CCCNS(=O)(=O)c2cc(C(=O)c3ccc(C)cc3)c(O)cc2OC)C(=O)C1C(C)(C)CC(C(=O)O)C(C(=O)NCCCNS(=O)(=O)c1cc(C(=O)c2ccc(C)cc2)c(O)cc1OC)C(C)(C)CC. The van der Waals surface area contributed by atoms with Gasteiger partial charge >= 0.3 is 35.8 Å². The lowest BCUT2D eigenvalue weighted by atomic mass is 9.57. The highest BCUT2D eigenvalue weighted by Gasteiger charge is 2.63. The Morgan fingerprint density at radius 1 is 0.493 bits per heavy atom. The fraction of sp³-hybridized carbons (Fsp3) is 0.608. The van der Waals surface area contributed by atoms with Gasteiger partial charge in [-0.25, -0.2) is 26.3 Å². The molecule has 4 aromatic rings. The number of carbonyl (C=O) groups excluding carboxylic acids is 11. The number of carbonyl (C=O) groups is 14. The minimum Gasteiger partial charge on any atom is -0.507 e. The van der Waals surface area contributed by atoms with Crippen molar-refractivity contribution < 1.29 is 128 Å². The van der Waals surface area contributed by atoms with Crippen molar-refractivity contribution >= 4 is 103 Å². The third-order valence-corrected chi connectivity index (χ3v) is 30.2. The number of aliphatic carboxylic acids is 3. The second-order valence-corrected chi connectivity index (χ2v) is 43.8. The van der Waals surface area contributed by atoms with Gasteiger partial charge in [-0.05, 0) is 157 Å². The van der Waals surface area contributed by atoms with E-state index in [0.717, 1.165) is 52.3 Å². The van der Waals surface area contributed by atoms with E-state index in [-0.39, 0.29) is 92.2 Å². The number of benzene rings is 4. The zero-order chi connectivity index (χ0) is 101. The van der Waals surface area contributed by atoms with Gasteiger partial charge in [0.05, 0.1) is 103 Å². The van der Waals surface area contributed by atoms with E-state index in [1.54, 1.807) is 135 Å². The Hall–Kier alpha value is -10.6. The number of nitrogens with zero attached hydrogens (tertiary/aromatic N) is 3. The predicted molar refractivity (Wildman–Crippen MR) is 494 cm³/mol. The summed E-state index contributed by atoms with van der Waals surface area (Å²) in [5, 5.41) is 65.4. The molecule has 35 nitrogen and oxygen atoms in total. The number of rotatable bonds is 53. The van der Waals surface area contributed by atoms with Crippen molar-refractivity contribution in [2.75, 3.05) is 94.3 Å². The molecule has 7 rings (SSSR count). The number of likely N-dealkylation sites (tertiary alicyclic amines) is 2. The zero-order valence-electron chi connectivity index (χ0n) is 81.2. The van der Waals surface area contributed by atoms with Gasteiger partial charge in [0.25, 0.3) is 0 Å². The van der Waals surface area contributed by atoms with Gasteiger partial charge in [0.1, 0.15) is 32.8 Å². The molecule has 3 saturated heterocycles. The first kappa shape index (κ1) is 110. The van der Waals surface area contributed by atoms with Gasteiger partial charge < -0.3 is 65.3 Å². The largest absolute Gasteiger partial charge is 0.507 e. The van der Waals surface area contributed by atoms with Crippen molar-refractivity contribution in [3.05, 3.63) is 106 Å². The summed E-state index contributed by atoms with van der Waals surface area (Å²) in [7, 11) is -1.70. The highest BCUT2D eigenvalue weighted by molar-refractivity contribution is 7.90. The normalized spacial score (nSPS) is 19.1. The lowest BCUT2D eigenvalue weighted by Crippen LogP contribution is -2.51. The van der Waals surface area contributed by atoms with Crippen LogP contribution in [0.4, 0.5) is 0 Å². The molecule has 3 heterocycles. The second kappa shape index (κ2) is 44.9. The van der Waals surface area contributed by atoms with Crippen LogP contribution in [-0.2, 0) is 87.1 Å². The third-order valence-electron chi connectivity index (χ3n) is 27.3. The molecule has 0 spiro atoms. The maximum Gasteiger partial charge on any atom is 0.318 e. The van der Waals surface area contributed by atoms with Crippen molar-refractivity contribution in [2.45, 2.75) is 192 Å². The number of phenolic OH excluding ortho intramolecular Hbond substituents is 2. The molecule has 740 valence electrons. The number of esters is 3. The van der Waals surface area contributed by atoms with E-state index in [9.17, 15) is 80.7 Å². The van der Waals surface area contributed by atoms with Crippen LogP contribution in [-0.4, -0.2) is 234 Å². The summed E-state index contributed by atoms with van der Waals surface area (Å²) in [5.74, 6) is -33.8. The van der Waals surface area contributed by atoms with Crippen molar-refractivity contribution in [1.82, 2.24) is 40.1 Å². The zero-order valence-corrected chi connectivity index (χ0v) is 82.8. The smallest absolute Gasteiger partial charge is 0.318 e. The first-order valence-corrected chi connectivity index (χ1v) is 48.4. The van der Waals surface area contributed by atoms with Crippen LogP contribution in [0, 0.1) is 117 Å². The summed E-state index contributed by atoms with van der Waals surface area (Å²) in [6.07, 6.45) is -2.15. The van der Waals surface area contributed by atoms with Crippen LogP contribution in [0.2, 0.25) is 0 Å². The minimum atomic E-state index is -4.70. The molecule has 3 aliphatic heterocycles. The highest BCUT2D eigenvalue weighted by atomic mass is 32.2. The number of ether oxygens (including phenoxy) is 4. The highest BCUT2D eigenvalue weighted by Crippen LogP contribution is 2.57. The predicted octanol–water partition coefficient (Wildman–Crippen LogP) is 9.59. The monoisotopic (exact) mass is 1910 g/mol. The second-order valence-electron chi connectivity index (χ2n) is 40.3. The number of ketones is 2. The van der Waals surface area contributed by atoms with Crippen molar-refractivity contribution in [1.29, 1.82) is 0 Å². The van der Waals surface area contributed by atoms with Crippen molar-refractivity contribution in [3.8, 4) is 23.0 Å². The summed E-state index contributed by atoms with van der Waals surface area (Å²) < 4.78 is 83.2. The Labute approximate surface area is 785 Å². The first-order chi connectivity index (χ1) is 62.2. The van der Waals surface area contributed by atoms with E-state index < -0.39 is 273 Å². The van der Waals surface area contributed by atoms with Gasteiger partial charge in [-0.3, -0.25) is 76.9 Å². The number of phenols is 2. The fourth-order valence-electron chi connectivity index (χ4n) is 20.2. The van der Waals surface area contributed by atoms with E-state index in [1.807, 2.05) is 4.90 Å². The maximum absolute atomic E-state index is 16.1. The number of carboxylic acids is 3. The van der Waals surface area contributed by atoms with Crippen molar-refractivity contribution in [2.24, 2.45) is 104 Å². The molecule has 12 unspecified atom stereocenters. The molecule has 0 radical (unpaired) electrons. The Bertz CT molecular complexity index is 5280. The summed E-state index contributed by atoms with van der Waals surface area (Å²) >= 11 is 0.